The molecule has 0 amide bonds. The average molecular weight is 247 g/mol. The van der Waals surface area contributed by atoms with E-state index in [-0.39, 0.29) is 17.1 Å². The number of aryl methyl sites for hydroxylation is 1. The topological polar surface area (TPSA) is 44.5 Å². The van der Waals surface area contributed by atoms with Gasteiger partial charge in [-0.05, 0) is 40.2 Å². The molecule has 0 bridgehead atoms. The largest absolute Gasteiger partial charge is 0.480 e. The van der Waals surface area contributed by atoms with Crippen LogP contribution in [0.1, 0.15) is 44.8 Å². The molecule has 2 N–H and O–H groups in total. The zero-order chi connectivity index (χ0) is 13.6. The van der Waals surface area contributed by atoms with Gasteiger partial charge in [0, 0.05) is 0 Å². The number of benzene rings is 1. The van der Waals surface area contributed by atoms with Gasteiger partial charge in [0.2, 0.25) is 0 Å². The van der Waals surface area contributed by atoms with Crippen LogP contribution < -0.4 is 5.73 Å². The van der Waals surface area contributed by atoms with Crippen molar-refractivity contribution in [2.75, 3.05) is 0 Å². The molecule has 3 nitrogen and oxygen atoms in total. The molecule has 0 aromatic heterocycles. The van der Waals surface area contributed by atoms with Crippen LogP contribution in [0.15, 0.2) is 24.3 Å². The summed E-state index contributed by atoms with van der Waals surface area (Å²) in [5.74, 6) is -0.258. The van der Waals surface area contributed by atoms with Crippen molar-refractivity contribution in [2.45, 2.75) is 51.8 Å². The van der Waals surface area contributed by atoms with E-state index in [0.717, 1.165) is 5.56 Å². The summed E-state index contributed by atoms with van der Waals surface area (Å²) < 4.78 is 11.9. The Labute approximate surface area is 110 Å². The van der Waals surface area contributed by atoms with Gasteiger partial charge in [-0.15, -0.1) is 0 Å². The van der Waals surface area contributed by atoms with Crippen LogP contribution in [0.3, 0.4) is 0 Å². The first-order valence-electron chi connectivity index (χ1n) is 6.41. The minimum atomic E-state index is -0.392. The molecule has 1 heterocycles. The maximum absolute atomic E-state index is 6.26. The zero-order valence-electron chi connectivity index (χ0n) is 11.9. The number of hydrogen-bond donors (Lipinski definition) is 1. The van der Waals surface area contributed by atoms with Crippen molar-refractivity contribution in [1.82, 2.24) is 0 Å². The summed E-state index contributed by atoms with van der Waals surface area (Å²) in [5.41, 5.74) is 7.84. The fraction of sp³-hybridized carbons (Fsp3) is 0.571. The molecule has 0 aliphatic carbocycles. The highest BCUT2D eigenvalue weighted by Crippen LogP contribution is 2.39. The van der Waals surface area contributed by atoms with Crippen LogP contribution in [0.2, 0.25) is 0 Å². The van der Waals surface area contributed by atoms with E-state index in [1.165, 1.54) is 5.56 Å². The highest BCUT2D eigenvalue weighted by Gasteiger charge is 2.53. The second kappa shape index (κ2) is 4.37. The van der Waals surface area contributed by atoms with Crippen molar-refractivity contribution < 1.29 is 9.31 Å². The standard InChI is InChI=1S/C14H22BNO2/c1-10-7-6-8-11(9-10)12(16)15-17-13(2,3)14(4,5)18-15/h6-9,12H,16H2,1-5H3/t12-/m0/s1. The Bertz CT molecular complexity index is 429. The molecule has 1 atom stereocenters. The van der Waals surface area contributed by atoms with E-state index in [1.54, 1.807) is 0 Å². The van der Waals surface area contributed by atoms with E-state index >= 15 is 0 Å². The summed E-state index contributed by atoms with van der Waals surface area (Å²) in [6.07, 6.45) is 0. The molecule has 1 aromatic carbocycles. The van der Waals surface area contributed by atoms with Crippen molar-refractivity contribution >= 4 is 7.12 Å². The third kappa shape index (κ3) is 2.33. The third-order valence-electron chi connectivity index (χ3n) is 3.99. The Morgan fingerprint density at radius 3 is 2.17 bits per heavy atom. The summed E-state index contributed by atoms with van der Waals surface area (Å²) in [5, 5.41) is 0. The molecule has 4 heteroatoms. The molecule has 0 spiro atoms. The maximum atomic E-state index is 6.26. The van der Waals surface area contributed by atoms with Gasteiger partial charge in [0.15, 0.2) is 0 Å². The Hall–Kier alpha value is -0.835. The van der Waals surface area contributed by atoms with Gasteiger partial charge in [-0.1, -0.05) is 29.8 Å². The van der Waals surface area contributed by atoms with Crippen LogP contribution in [0, 0.1) is 6.92 Å². The number of nitrogens with two attached hydrogens (primary N) is 1. The average Bonchev–Trinajstić information content (AvgIpc) is 2.47. The van der Waals surface area contributed by atoms with Gasteiger partial charge < -0.3 is 15.0 Å². The molecule has 0 saturated carbocycles. The first-order valence-corrected chi connectivity index (χ1v) is 6.41. The van der Waals surface area contributed by atoms with Crippen LogP contribution in [0.4, 0.5) is 0 Å². The van der Waals surface area contributed by atoms with Crippen LogP contribution in [0.5, 0.6) is 0 Å². The lowest BCUT2D eigenvalue weighted by molar-refractivity contribution is 0.00578. The normalized spacial score (nSPS) is 23.1. The van der Waals surface area contributed by atoms with Crippen molar-refractivity contribution in [3.8, 4) is 0 Å². The lowest BCUT2D eigenvalue weighted by Crippen LogP contribution is -2.41. The second-order valence-electron chi connectivity index (χ2n) is 6.06. The second-order valence-corrected chi connectivity index (χ2v) is 6.06. The van der Waals surface area contributed by atoms with Gasteiger partial charge >= 0.3 is 7.12 Å². The third-order valence-corrected chi connectivity index (χ3v) is 3.99. The predicted molar refractivity (Wildman–Crippen MR) is 74.2 cm³/mol. The van der Waals surface area contributed by atoms with Gasteiger partial charge in [-0.3, -0.25) is 0 Å². The zero-order valence-corrected chi connectivity index (χ0v) is 11.9. The number of rotatable bonds is 2. The maximum Gasteiger partial charge on any atom is 0.480 e. The summed E-state index contributed by atoms with van der Waals surface area (Å²) in [7, 11) is -0.392. The first kappa shape index (κ1) is 13.6. The Morgan fingerprint density at radius 1 is 1.11 bits per heavy atom. The van der Waals surface area contributed by atoms with Gasteiger partial charge in [0.25, 0.3) is 0 Å². The van der Waals surface area contributed by atoms with E-state index in [2.05, 4.69) is 19.1 Å². The van der Waals surface area contributed by atoms with Gasteiger partial charge in [-0.25, -0.2) is 0 Å². The lowest BCUT2D eigenvalue weighted by atomic mass is 9.74. The highest BCUT2D eigenvalue weighted by atomic mass is 16.7. The fourth-order valence-corrected chi connectivity index (χ4v) is 2.07. The lowest BCUT2D eigenvalue weighted by Gasteiger charge is -2.32. The quantitative estimate of drug-likeness (QED) is 0.817. The Balaban J connectivity index is 2.20. The highest BCUT2D eigenvalue weighted by molar-refractivity contribution is 6.47. The predicted octanol–water partition coefficient (Wildman–Crippen LogP) is 2.63. The smallest absolute Gasteiger partial charge is 0.402 e. The molecule has 2 rings (SSSR count). The van der Waals surface area contributed by atoms with Gasteiger partial charge in [0.05, 0.1) is 17.1 Å². The van der Waals surface area contributed by atoms with E-state index in [9.17, 15) is 0 Å². The molecule has 1 saturated heterocycles. The minimum Gasteiger partial charge on any atom is -0.402 e. The molecule has 1 aliphatic heterocycles. The van der Waals surface area contributed by atoms with E-state index in [4.69, 9.17) is 15.0 Å². The minimum absolute atomic E-state index is 0.258. The van der Waals surface area contributed by atoms with E-state index in [0.29, 0.717) is 0 Å². The number of hydrogen-bond acceptors (Lipinski definition) is 3. The Kier molecular flexibility index (Phi) is 3.30. The molecule has 1 fully saturated rings. The van der Waals surface area contributed by atoms with E-state index < -0.39 is 7.12 Å². The molecule has 18 heavy (non-hydrogen) atoms. The van der Waals surface area contributed by atoms with E-state index in [1.807, 2.05) is 39.8 Å². The van der Waals surface area contributed by atoms with Crippen molar-refractivity contribution in [1.29, 1.82) is 0 Å². The summed E-state index contributed by atoms with van der Waals surface area (Å²) in [4.78, 5) is 0. The molecular weight excluding hydrogens is 225 g/mol. The van der Waals surface area contributed by atoms with Crippen LogP contribution in [-0.2, 0) is 9.31 Å². The van der Waals surface area contributed by atoms with Gasteiger partial charge in [0.1, 0.15) is 0 Å². The van der Waals surface area contributed by atoms with Crippen molar-refractivity contribution in [3.05, 3.63) is 35.4 Å². The van der Waals surface area contributed by atoms with Crippen LogP contribution in [0.25, 0.3) is 0 Å². The molecule has 0 unspecified atom stereocenters. The van der Waals surface area contributed by atoms with Crippen molar-refractivity contribution in [3.63, 3.8) is 0 Å². The Morgan fingerprint density at radius 2 is 1.67 bits per heavy atom. The summed E-state index contributed by atoms with van der Waals surface area (Å²) in [6.45, 7) is 10.2. The first-order chi connectivity index (χ1) is 8.23. The summed E-state index contributed by atoms with van der Waals surface area (Å²) in [6, 6.07) is 8.16. The molecule has 98 valence electrons. The summed E-state index contributed by atoms with van der Waals surface area (Å²) >= 11 is 0. The van der Waals surface area contributed by atoms with Gasteiger partial charge in [-0.2, -0.15) is 0 Å². The molecule has 1 aromatic rings. The molecular formula is C14H22BNO2. The van der Waals surface area contributed by atoms with Crippen LogP contribution >= 0.6 is 0 Å². The van der Waals surface area contributed by atoms with Crippen molar-refractivity contribution in [2.24, 2.45) is 5.73 Å². The fourth-order valence-electron chi connectivity index (χ4n) is 2.07. The SMILES string of the molecule is Cc1cccc([C@H](N)B2OC(C)(C)C(C)(C)O2)c1. The van der Waals surface area contributed by atoms with Crippen LogP contribution in [-0.4, -0.2) is 18.3 Å². The molecule has 1 aliphatic rings. The molecule has 0 radical (unpaired) electrons. The monoisotopic (exact) mass is 247 g/mol.